The summed E-state index contributed by atoms with van der Waals surface area (Å²) in [5.41, 5.74) is 1.29. The number of fused-ring (bicyclic) bond motifs is 1. The Kier molecular flexibility index (Phi) is 4.43. The number of non-ortho nitro benzene ring substituents is 1. The van der Waals surface area contributed by atoms with Crippen LogP contribution in [0, 0.1) is 10.1 Å². The van der Waals surface area contributed by atoms with E-state index in [1.165, 1.54) is 23.9 Å². The molecule has 0 spiro atoms. The molecular weight excluding hydrogens is 362 g/mol. The van der Waals surface area contributed by atoms with Crippen molar-refractivity contribution in [1.29, 1.82) is 0 Å². The minimum absolute atomic E-state index is 0.0434. The van der Waals surface area contributed by atoms with E-state index in [4.69, 9.17) is 0 Å². The van der Waals surface area contributed by atoms with Gasteiger partial charge in [0, 0.05) is 12.1 Å². The largest absolute Gasteiger partial charge is 0.300 e. The fraction of sp³-hybridized carbons (Fsp3) is 0. The molecule has 1 amide bonds. The molecule has 0 unspecified atom stereocenters. The van der Waals surface area contributed by atoms with Crippen LogP contribution in [0.3, 0.4) is 0 Å². The molecule has 4 rings (SSSR count). The van der Waals surface area contributed by atoms with Crippen molar-refractivity contribution in [2.24, 2.45) is 4.99 Å². The summed E-state index contributed by atoms with van der Waals surface area (Å²) in [6, 6.07) is 20.0. The molecule has 0 saturated carbocycles. The number of nitro groups is 1. The van der Waals surface area contributed by atoms with Crippen LogP contribution in [-0.2, 0) is 4.79 Å². The molecule has 27 heavy (non-hydrogen) atoms. The van der Waals surface area contributed by atoms with Crippen molar-refractivity contribution < 1.29 is 9.72 Å². The van der Waals surface area contributed by atoms with Gasteiger partial charge in [-0.05, 0) is 46.3 Å². The molecule has 0 aliphatic carbocycles. The van der Waals surface area contributed by atoms with Crippen molar-refractivity contribution in [3.05, 3.63) is 87.3 Å². The zero-order valence-corrected chi connectivity index (χ0v) is 14.8. The first-order valence-corrected chi connectivity index (χ1v) is 8.93. The second-order valence-corrected chi connectivity index (χ2v) is 6.90. The zero-order valence-electron chi connectivity index (χ0n) is 14.0. The van der Waals surface area contributed by atoms with Gasteiger partial charge in [0.25, 0.3) is 11.6 Å². The first-order chi connectivity index (χ1) is 13.1. The number of thioether (sulfide) groups is 1. The molecule has 0 bridgehead atoms. The summed E-state index contributed by atoms with van der Waals surface area (Å²) in [4.78, 5) is 27.4. The third-order valence-electron chi connectivity index (χ3n) is 3.99. The summed E-state index contributed by atoms with van der Waals surface area (Å²) in [7, 11) is 0. The van der Waals surface area contributed by atoms with Crippen LogP contribution in [0.5, 0.6) is 0 Å². The highest BCUT2D eigenvalue weighted by molar-refractivity contribution is 8.18. The quantitative estimate of drug-likeness (QED) is 0.411. The number of nitrogens with zero attached hydrogens (tertiary/aromatic N) is 2. The fourth-order valence-corrected chi connectivity index (χ4v) is 3.56. The van der Waals surface area contributed by atoms with Gasteiger partial charge in [-0.2, -0.15) is 0 Å². The Morgan fingerprint density at radius 2 is 1.81 bits per heavy atom. The van der Waals surface area contributed by atoms with Crippen LogP contribution in [0.1, 0.15) is 5.56 Å². The van der Waals surface area contributed by atoms with Gasteiger partial charge in [-0.3, -0.25) is 14.9 Å². The Labute approximate surface area is 158 Å². The lowest BCUT2D eigenvalue weighted by Crippen LogP contribution is -2.19. The van der Waals surface area contributed by atoms with Gasteiger partial charge in [-0.15, -0.1) is 0 Å². The Morgan fingerprint density at radius 1 is 1.00 bits per heavy atom. The van der Waals surface area contributed by atoms with Gasteiger partial charge < -0.3 is 5.32 Å². The molecule has 7 heteroatoms. The van der Waals surface area contributed by atoms with Gasteiger partial charge in [0.15, 0.2) is 5.17 Å². The molecule has 3 aromatic rings. The number of amides is 1. The Morgan fingerprint density at radius 3 is 2.63 bits per heavy atom. The van der Waals surface area contributed by atoms with E-state index in [1.807, 2.05) is 48.5 Å². The van der Waals surface area contributed by atoms with Crippen molar-refractivity contribution in [3.63, 3.8) is 0 Å². The lowest BCUT2D eigenvalue weighted by Gasteiger charge is -2.00. The van der Waals surface area contributed by atoms with E-state index in [2.05, 4.69) is 10.3 Å². The number of nitrogens with one attached hydrogen (secondary N) is 1. The molecule has 0 atom stereocenters. The number of carbonyl (C=O) groups excluding carboxylic acids is 1. The van der Waals surface area contributed by atoms with Gasteiger partial charge in [0.1, 0.15) is 0 Å². The molecule has 1 aliphatic heterocycles. The predicted molar refractivity (Wildman–Crippen MR) is 108 cm³/mol. The van der Waals surface area contributed by atoms with E-state index in [0.29, 0.717) is 15.8 Å². The molecule has 1 aliphatic rings. The lowest BCUT2D eigenvalue weighted by atomic mass is 10.1. The summed E-state index contributed by atoms with van der Waals surface area (Å²) in [5, 5.41) is 16.2. The van der Waals surface area contributed by atoms with E-state index in [1.54, 1.807) is 12.1 Å². The maximum atomic E-state index is 12.2. The number of benzene rings is 3. The van der Waals surface area contributed by atoms with Crippen molar-refractivity contribution in [1.82, 2.24) is 5.32 Å². The van der Waals surface area contributed by atoms with Crippen LogP contribution in [0.2, 0.25) is 0 Å². The molecule has 1 fully saturated rings. The smallest absolute Gasteiger partial charge is 0.271 e. The number of nitro benzene ring substituents is 1. The van der Waals surface area contributed by atoms with Gasteiger partial charge in [-0.1, -0.05) is 42.5 Å². The highest BCUT2D eigenvalue weighted by Crippen LogP contribution is 2.29. The van der Waals surface area contributed by atoms with Crippen LogP contribution in [0.15, 0.2) is 76.6 Å². The number of aliphatic imine (C=N–C) groups is 1. The van der Waals surface area contributed by atoms with Crippen LogP contribution in [0.4, 0.5) is 11.4 Å². The Balaban J connectivity index is 1.60. The maximum absolute atomic E-state index is 12.2. The number of rotatable bonds is 3. The van der Waals surface area contributed by atoms with Crippen LogP contribution >= 0.6 is 11.8 Å². The first kappa shape index (κ1) is 17.0. The minimum Gasteiger partial charge on any atom is -0.300 e. The van der Waals surface area contributed by atoms with Crippen molar-refractivity contribution >= 4 is 51.1 Å². The van der Waals surface area contributed by atoms with Gasteiger partial charge in [-0.25, -0.2) is 4.99 Å². The second kappa shape index (κ2) is 7.05. The summed E-state index contributed by atoms with van der Waals surface area (Å²) in [6.45, 7) is 0. The van der Waals surface area contributed by atoms with E-state index in [0.717, 1.165) is 16.3 Å². The average molecular weight is 375 g/mol. The number of hydrogen-bond acceptors (Lipinski definition) is 5. The summed E-state index contributed by atoms with van der Waals surface area (Å²) in [5.74, 6) is -0.239. The fourth-order valence-electron chi connectivity index (χ4n) is 2.72. The highest BCUT2D eigenvalue weighted by atomic mass is 32.2. The molecule has 1 saturated heterocycles. The monoisotopic (exact) mass is 375 g/mol. The molecule has 0 radical (unpaired) electrons. The topological polar surface area (TPSA) is 84.6 Å². The Hall–Kier alpha value is -3.45. The highest BCUT2D eigenvalue weighted by Gasteiger charge is 2.24. The Bertz CT molecular complexity index is 1140. The molecule has 1 heterocycles. The molecular formula is C20H13N3O3S. The first-order valence-electron chi connectivity index (χ1n) is 8.11. The van der Waals surface area contributed by atoms with Crippen LogP contribution in [-0.4, -0.2) is 16.0 Å². The van der Waals surface area contributed by atoms with E-state index in [9.17, 15) is 14.9 Å². The van der Waals surface area contributed by atoms with E-state index >= 15 is 0 Å². The third kappa shape index (κ3) is 3.73. The van der Waals surface area contributed by atoms with Crippen molar-refractivity contribution in [3.8, 4) is 0 Å². The van der Waals surface area contributed by atoms with Crippen molar-refractivity contribution in [2.45, 2.75) is 0 Å². The number of hydrogen-bond donors (Lipinski definition) is 1. The third-order valence-corrected chi connectivity index (χ3v) is 4.90. The molecule has 0 aromatic heterocycles. The van der Waals surface area contributed by atoms with E-state index < -0.39 is 4.92 Å². The molecule has 3 aromatic carbocycles. The maximum Gasteiger partial charge on any atom is 0.271 e. The van der Waals surface area contributed by atoms with Gasteiger partial charge in [0.2, 0.25) is 0 Å². The summed E-state index contributed by atoms with van der Waals surface area (Å²) >= 11 is 1.21. The summed E-state index contributed by atoms with van der Waals surface area (Å²) < 4.78 is 0. The standard InChI is InChI=1S/C20H13N3O3S/c24-19-18(11-13-8-9-14-4-1-2-5-15(14)10-13)27-20(22-19)21-16-6-3-7-17(12-16)23(25)26/h1-12H,(H,21,22,24)/b18-11+. The van der Waals surface area contributed by atoms with Crippen molar-refractivity contribution in [2.75, 3.05) is 0 Å². The predicted octanol–water partition coefficient (Wildman–Crippen LogP) is 4.64. The molecule has 1 N–H and O–H groups in total. The van der Waals surface area contributed by atoms with Gasteiger partial charge in [0.05, 0.1) is 15.5 Å². The van der Waals surface area contributed by atoms with Crippen LogP contribution < -0.4 is 5.32 Å². The number of carbonyl (C=O) groups is 1. The second-order valence-electron chi connectivity index (χ2n) is 5.87. The minimum atomic E-state index is -0.477. The van der Waals surface area contributed by atoms with E-state index in [-0.39, 0.29) is 11.6 Å². The zero-order chi connectivity index (χ0) is 18.8. The van der Waals surface area contributed by atoms with Gasteiger partial charge >= 0.3 is 0 Å². The number of amidine groups is 1. The SMILES string of the molecule is O=C1NC(=Nc2cccc([N+](=O)[O-])c2)S/C1=C/c1ccc2ccccc2c1. The molecule has 132 valence electrons. The normalized spacial score (nSPS) is 16.8. The lowest BCUT2D eigenvalue weighted by molar-refractivity contribution is -0.384. The van der Waals surface area contributed by atoms with Crippen LogP contribution in [0.25, 0.3) is 16.8 Å². The summed E-state index contributed by atoms with van der Waals surface area (Å²) in [6.07, 6.45) is 1.81. The average Bonchev–Trinajstić information content (AvgIpc) is 3.00. The molecule has 6 nitrogen and oxygen atoms in total.